The van der Waals surface area contributed by atoms with Crippen LogP contribution in [0.4, 0.5) is 5.82 Å². The van der Waals surface area contributed by atoms with Crippen LogP contribution in [0.15, 0.2) is 30.5 Å². The van der Waals surface area contributed by atoms with Crippen LogP contribution in [-0.2, 0) is 4.74 Å². The highest BCUT2D eigenvalue weighted by Crippen LogP contribution is 2.34. The first-order valence-corrected chi connectivity index (χ1v) is 9.37. The van der Waals surface area contributed by atoms with Gasteiger partial charge in [0.05, 0.1) is 30.4 Å². The largest absolute Gasteiger partial charge is 0.379 e. The Labute approximate surface area is 140 Å². The molecule has 1 aromatic carbocycles. The Hall–Kier alpha value is -1.37. The Morgan fingerprint density at radius 1 is 1.22 bits per heavy atom. The van der Waals surface area contributed by atoms with Crippen LogP contribution in [-0.4, -0.2) is 64.8 Å². The molecule has 122 valence electrons. The van der Waals surface area contributed by atoms with Crippen molar-refractivity contribution < 1.29 is 4.74 Å². The van der Waals surface area contributed by atoms with Gasteiger partial charge in [0.2, 0.25) is 0 Å². The molecule has 0 spiro atoms. The first-order valence-electron chi connectivity index (χ1n) is 8.22. The van der Waals surface area contributed by atoms with Crippen LogP contribution in [0.1, 0.15) is 6.42 Å². The van der Waals surface area contributed by atoms with Crippen LogP contribution in [0, 0.1) is 0 Å². The number of para-hydroxylation sites is 2. The molecular formula is C17H22N4OS. The molecular weight excluding hydrogens is 308 g/mol. The van der Waals surface area contributed by atoms with Gasteiger partial charge in [-0.15, -0.1) is 0 Å². The van der Waals surface area contributed by atoms with E-state index in [-0.39, 0.29) is 5.54 Å². The molecule has 2 fully saturated rings. The first-order chi connectivity index (χ1) is 11.4. The van der Waals surface area contributed by atoms with Crippen LogP contribution >= 0.6 is 11.8 Å². The number of morpholine rings is 1. The lowest BCUT2D eigenvalue weighted by molar-refractivity contribution is -0.00922. The fraction of sp³-hybridized carbons (Fsp3) is 0.529. The van der Waals surface area contributed by atoms with Gasteiger partial charge in [-0.3, -0.25) is 9.88 Å². The molecule has 3 heterocycles. The van der Waals surface area contributed by atoms with Crippen LogP contribution in [0.3, 0.4) is 0 Å². The second kappa shape index (κ2) is 6.63. The van der Waals surface area contributed by atoms with Crippen molar-refractivity contribution >= 4 is 28.6 Å². The third kappa shape index (κ3) is 3.16. The molecule has 6 heteroatoms. The van der Waals surface area contributed by atoms with E-state index in [1.54, 1.807) is 0 Å². The van der Waals surface area contributed by atoms with Crippen molar-refractivity contribution in [1.29, 1.82) is 0 Å². The quantitative estimate of drug-likeness (QED) is 0.928. The van der Waals surface area contributed by atoms with Crippen molar-refractivity contribution in [3.05, 3.63) is 30.5 Å². The average Bonchev–Trinajstić information content (AvgIpc) is 3.11. The van der Waals surface area contributed by atoms with Gasteiger partial charge >= 0.3 is 0 Å². The molecule has 1 aromatic heterocycles. The summed E-state index contributed by atoms with van der Waals surface area (Å²) in [6, 6.07) is 8.00. The Balaban J connectivity index is 1.50. The number of anilines is 1. The molecule has 1 atom stereocenters. The van der Waals surface area contributed by atoms with Gasteiger partial charge in [0.25, 0.3) is 0 Å². The fourth-order valence-electron chi connectivity index (χ4n) is 3.43. The van der Waals surface area contributed by atoms with Gasteiger partial charge in [-0.2, -0.15) is 11.8 Å². The Bertz CT molecular complexity index is 668. The van der Waals surface area contributed by atoms with E-state index in [1.807, 2.05) is 30.5 Å². The van der Waals surface area contributed by atoms with Crippen molar-refractivity contribution in [2.75, 3.05) is 49.7 Å². The summed E-state index contributed by atoms with van der Waals surface area (Å²) in [4.78, 5) is 11.8. The predicted molar refractivity (Wildman–Crippen MR) is 95.1 cm³/mol. The second-order valence-corrected chi connectivity index (χ2v) is 7.33. The van der Waals surface area contributed by atoms with Crippen molar-refractivity contribution in [2.45, 2.75) is 12.0 Å². The van der Waals surface area contributed by atoms with E-state index in [0.717, 1.165) is 49.7 Å². The first kappa shape index (κ1) is 15.2. The molecule has 0 aliphatic carbocycles. The van der Waals surface area contributed by atoms with Crippen LogP contribution < -0.4 is 5.32 Å². The molecule has 1 unspecified atom stereocenters. The number of rotatable bonds is 4. The molecule has 0 bridgehead atoms. The molecule has 0 amide bonds. The minimum atomic E-state index is 0.224. The average molecular weight is 330 g/mol. The van der Waals surface area contributed by atoms with Crippen molar-refractivity contribution in [2.24, 2.45) is 0 Å². The molecule has 2 aliphatic rings. The molecule has 0 saturated carbocycles. The highest BCUT2D eigenvalue weighted by molar-refractivity contribution is 7.99. The van der Waals surface area contributed by atoms with Gasteiger partial charge in [0, 0.05) is 30.9 Å². The Kier molecular flexibility index (Phi) is 4.37. The third-order valence-electron chi connectivity index (χ3n) is 4.81. The van der Waals surface area contributed by atoms with Gasteiger partial charge in [-0.05, 0) is 24.3 Å². The highest BCUT2D eigenvalue weighted by atomic mass is 32.2. The lowest BCUT2D eigenvalue weighted by Crippen LogP contribution is -2.57. The molecule has 2 aliphatic heterocycles. The smallest absolute Gasteiger partial charge is 0.145 e. The summed E-state index contributed by atoms with van der Waals surface area (Å²) in [5, 5.41) is 3.55. The van der Waals surface area contributed by atoms with Crippen molar-refractivity contribution in [3.63, 3.8) is 0 Å². The third-order valence-corrected chi connectivity index (χ3v) is 6.05. The number of benzene rings is 1. The number of thioether (sulfide) groups is 1. The van der Waals surface area contributed by atoms with Crippen LogP contribution in [0.5, 0.6) is 0 Å². The topological polar surface area (TPSA) is 50.3 Å². The maximum Gasteiger partial charge on any atom is 0.145 e. The van der Waals surface area contributed by atoms with Crippen LogP contribution in [0.2, 0.25) is 0 Å². The maximum atomic E-state index is 5.52. The van der Waals surface area contributed by atoms with Crippen molar-refractivity contribution in [3.8, 4) is 0 Å². The predicted octanol–water partition coefficient (Wildman–Crippen LogP) is 2.25. The number of nitrogens with zero attached hydrogens (tertiary/aromatic N) is 3. The Morgan fingerprint density at radius 2 is 2.04 bits per heavy atom. The van der Waals surface area contributed by atoms with Gasteiger partial charge in [0.1, 0.15) is 5.82 Å². The van der Waals surface area contributed by atoms with Gasteiger partial charge in [-0.1, -0.05) is 12.1 Å². The van der Waals surface area contributed by atoms with Crippen molar-refractivity contribution in [1.82, 2.24) is 14.9 Å². The molecule has 2 aromatic rings. The maximum absolute atomic E-state index is 5.52. The molecule has 1 N–H and O–H groups in total. The number of fused-ring (bicyclic) bond motifs is 1. The number of ether oxygens (including phenoxy) is 1. The summed E-state index contributed by atoms with van der Waals surface area (Å²) in [6.45, 7) is 4.69. The summed E-state index contributed by atoms with van der Waals surface area (Å²) in [7, 11) is 0. The number of nitrogens with one attached hydrogen (secondary N) is 1. The van der Waals surface area contributed by atoms with Gasteiger partial charge < -0.3 is 10.1 Å². The van der Waals surface area contributed by atoms with E-state index < -0.39 is 0 Å². The summed E-state index contributed by atoms with van der Waals surface area (Å²) in [5.41, 5.74) is 2.11. The van der Waals surface area contributed by atoms with E-state index >= 15 is 0 Å². The van der Waals surface area contributed by atoms with E-state index in [2.05, 4.69) is 31.9 Å². The summed E-state index contributed by atoms with van der Waals surface area (Å²) < 4.78 is 5.52. The molecule has 23 heavy (non-hydrogen) atoms. The van der Waals surface area contributed by atoms with Crippen LogP contribution in [0.25, 0.3) is 11.0 Å². The van der Waals surface area contributed by atoms with E-state index in [9.17, 15) is 0 Å². The van der Waals surface area contributed by atoms with E-state index in [4.69, 9.17) is 4.74 Å². The Morgan fingerprint density at radius 3 is 2.83 bits per heavy atom. The second-order valence-electron chi connectivity index (χ2n) is 6.22. The number of aromatic nitrogens is 2. The zero-order chi connectivity index (χ0) is 15.5. The fourth-order valence-corrected chi connectivity index (χ4v) is 4.91. The zero-order valence-electron chi connectivity index (χ0n) is 13.2. The lowest BCUT2D eigenvalue weighted by atomic mass is 9.95. The van der Waals surface area contributed by atoms with Gasteiger partial charge in [0.15, 0.2) is 0 Å². The van der Waals surface area contributed by atoms with E-state index in [1.165, 1.54) is 17.9 Å². The lowest BCUT2D eigenvalue weighted by Gasteiger charge is -2.43. The SMILES string of the molecule is c1ccc2nc(NCC3(N4CCOCC4)CCSC3)cnc2c1. The summed E-state index contributed by atoms with van der Waals surface area (Å²) in [6.07, 6.45) is 3.07. The minimum absolute atomic E-state index is 0.224. The monoisotopic (exact) mass is 330 g/mol. The summed E-state index contributed by atoms with van der Waals surface area (Å²) in [5.74, 6) is 3.29. The normalized spacial score (nSPS) is 25.7. The zero-order valence-corrected chi connectivity index (χ0v) is 14.0. The van der Waals surface area contributed by atoms with E-state index in [0.29, 0.717) is 0 Å². The highest BCUT2D eigenvalue weighted by Gasteiger charge is 2.40. The molecule has 5 nitrogen and oxygen atoms in total. The minimum Gasteiger partial charge on any atom is -0.379 e. The number of hydrogen-bond donors (Lipinski definition) is 1. The van der Waals surface area contributed by atoms with Gasteiger partial charge in [-0.25, -0.2) is 4.98 Å². The molecule has 0 radical (unpaired) electrons. The summed E-state index contributed by atoms with van der Waals surface area (Å²) >= 11 is 2.05. The molecule has 2 saturated heterocycles. The molecule has 4 rings (SSSR count). The standard InChI is InChI=1S/C17H22N4OS/c1-2-4-15-14(3-1)18-11-16(20-15)19-12-17(5-10-23-13-17)21-6-8-22-9-7-21/h1-4,11H,5-10,12-13H2,(H,19,20). The number of hydrogen-bond acceptors (Lipinski definition) is 6.